The van der Waals surface area contributed by atoms with Crippen LogP contribution >= 0.6 is 11.6 Å². The lowest BCUT2D eigenvalue weighted by molar-refractivity contribution is -0.125. The van der Waals surface area contributed by atoms with Crippen molar-refractivity contribution in [2.24, 2.45) is 11.8 Å². The van der Waals surface area contributed by atoms with E-state index in [0.717, 1.165) is 24.8 Å². The predicted octanol–water partition coefficient (Wildman–Crippen LogP) is 4.81. The van der Waals surface area contributed by atoms with Gasteiger partial charge in [0.2, 0.25) is 0 Å². The van der Waals surface area contributed by atoms with Crippen LogP contribution in [-0.4, -0.2) is 5.78 Å². The third-order valence-corrected chi connectivity index (χ3v) is 4.49. The van der Waals surface area contributed by atoms with E-state index in [4.69, 9.17) is 11.6 Å². The molecule has 0 spiro atoms. The van der Waals surface area contributed by atoms with Crippen molar-refractivity contribution in [1.29, 1.82) is 0 Å². The van der Waals surface area contributed by atoms with Gasteiger partial charge in [-0.15, -0.1) is 0 Å². The van der Waals surface area contributed by atoms with E-state index >= 15 is 0 Å². The first-order valence-corrected chi connectivity index (χ1v) is 7.45. The molecule has 2 unspecified atom stereocenters. The second kappa shape index (κ2) is 6.51. The van der Waals surface area contributed by atoms with Crippen molar-refractivity contribution in [3.63, 3.8) is 0 Å². The van der Waals surface area contributed by atoms with Crippen molar-refractivity contribution < 1.29 is 9.18 Å². The molecule has 0 amide bonds. The average Bonchev–Trinajstić information content (AvgIpc) is 2.39. The number of hydrogen-bond donors (Lipinski definition) is 0. The van der Waals surface area contributed by atoms with Gasteiger partial charge in [0.1, 0.15) is 11.6 Å². The maximum Gasteiger partial charge on any atom is 0.142 e. The van der Waals surface area contributed by atoms with Crippen LogP contribution < -0.4 is 0 Å². The molecule has 1 aromatic carbocycles. The molecule has 1 saturated carbocycles. The topological polar surface area (TPSA) is 17.1 Å². The van der Waals surface area contributed by atoms with Crippen molar-refractivity contribution in [2.75, 3.05) is 0 Å². The average molecular weight is 283 g/mol. The number of hydrogen-bond acceptors (Lipinski definition) is 1. The second-order valence-corrected chi connectivity index (χ2v) is 5.89. The van der Waals surface area contributed by atoms with Gasteiger partial charge in [0.25, 0.3) is 0 Å². The van der Waals surface area contributed by atoms with Crippen molar-refractivity contribution in [3.8, 4) is 0 Å². The molecule has 1 aliphatic rings. The zero-order valence-electron chi connectivity index (χ0n) is 11.3. The smallest absolute Gasteiger partial charge is 0.142 e. The fraction of sp³-hybridized carbons (Fsp3) is 0.562. The summed E-state index contributed by atoms with van der Waals surface area (Å²) in [5, 5.41) is 0.174. The molecule has 1 aliphatic carbocycles. The highest BCUT2D eigenvalue weighted by atomic mass is 35.5. The fourth-order valence-corrected chi connectivity index (χ4v) is 3.24. The van der Waals surface area contributed by atoms with Crippen molar-refractivity contribution >= 4 is 17.4 Å². The minimum Gasteiger partial charge on any atom is -0.299 e. The fourth-order valence-electron chi connectivity index (χ4n) is 3.04. The molecular formula is C16H20ClFO. The minimum absolute atomic E-state index is 0.0181. The van der Waals surface area contributed by atoms with Crippen LogP contribution in [0.15, 0.2) is 18.2 Å². The van der Waals surface area contributed by atoms with Gasteiger partial charge in [0.15, 0.2) is 0 Å². The number of carbonyl (C=O) groups is 1. The van der Waals surface area contributed by atoms with Gasteiger partial charge in [0, 0.05) is 12.3 Å². The molecule has 0 saturated heterocycles. The Balaban J connectivity index is 2.08. The van der Waals surface area contributed by atoms with E-state index in [-0.39, 0.29) is 10.9 Å². The number of ketones is 1. The first-order chi connectivity index (χ1) is 9.11. The second-order valence-electron chi connectivity index (χ2n) is 5.51. The Labute approximate surface area is 119 Å². The highest BCUT2D eigenvalue weighted by Crippen LogP contribution is 2.33. The Morgan fingerprint density at radius 2 is 2.21 bits per heavy atom. The Bertz CT molecular complexity index is 458. The number of Topliss-reactive ketones (excluding diaryl/α,β-unsaturated/α-hetero) is 1. The molecule has 1 fully saturated rings. The Hall–Kier alpha value is -0.890. The van der Waals surface area contributed by atoms with Crippen LogP contribution in [0.1, 0.15) is 44.6 Å². The Morgan fingerprint density at radius 1 is 1.42 bits per heavy atom. The van der Waals surface area contributed by atoms with Gasteiger partial charge in [-0.3, -0.25) is 4.79 Å². The van der Waals surface area contributed by atoms with Crippen molar-refractivity contribution in [3.05, 3.63) is 34.6 Å². The van der Waals surface area contributed by atoms with Crippen LogP contribution in [0.3, 0.4) is 0 Å². The van der Waals surface area contributed by atoms with Crippen LogP contribution in [0.25, 0.3) is 0 Å². The van der Waals surface area contributed by atoms with Crippen LogP contribution in [-0.2, 0) is 11.2 Å². The van der Waals surface area contributed by atoms with E-state index in [2.05, 4.69) is 6.92 Å². The molecule has 0 heterocycles. The lowest BCUT2D eigenvalue weighted by atomic mass is 9.76. The van der Waals surface area contributed by atoms with Crippen LogP contribution in [0, 0.1) is 17.7 Å². The monoisotopic (exact) mass is 282 g/mol. The van der Waals surface area contributed by atoms with Gasteiger partial charge in [-0.05, 0) is 36.8 Å². The molecule has 2 rings (SSSR count). The molecule has 2 atom stereocenters. The number of halogens is 2. The molecule has 0 radical (unpaired) electrons. The highest BCUT2D eigenvalue weighted by Gasteiger charge is 2.28. The van der Waals surface area contributed by atoms with Gasteiger partial charge >= 0.3 is 0 Å². The molecule has 0 aliphatic heterocycles. The third-order valence-electron chi connectivity index (χ3n) is 4.07. The third kappa shape index (κ3) is 3.56. The first-order valence-electron chi connectivity index (χ1n) is 7.07. The number of carbonyl (C=O) groups excluding carboxylic acids is 1. The summed E-state index contributed by atoms with van der Waals surface area (Å²) in [5.74, 6) is 0.574. The van der Waals surface area contributed by atoms with E-state index in [1.165, 1.54) is 12.5 Å². The van der Waals surface area contributed by atoms with E-state index in [1.54, 1.807) is 6.07 Å². The summed E-state index contributed by atoms with van der Waals surface area (Å²) >= 11 is 5.97. The molecular weight excluding hydrogens is 263 g/mol. The molecule has 104 valence electrons. The quantitative estimate of drug-likeness (QED) is 0.775. The summed E-state index contributed by atoms with van der Waals surface area (Å²) in [6.45, 7) is 2.18. The Kier molecular flexibility index (Phi) is 4.98. The summed E-state index contributed by atoms with van der Waals surface area (Å²) < 4.78 is 13.4. The summed E-state index contributed by atoms with van der Waals surface area (Å²) in [5.41, 5.74) is 0.761. The molecule has 19 heavy (non-hydrogen) atoms. The highest BCUT2D eigenvalue weighted by molar-refractivity contribution is 6.31. The normalized spacial score (nSPS) is 23.6. The van der Waals surface area contributed by atoms with Crippen molar-refractivity contribution in [1.82, 2.24) is 0 Å². The van der Waals surface area contributed by atoms with Crippen LogP contribution in [0.5, 0.6) is 0 Å². The van der Waals surface area contributed by atoms with Gasteiger partial charge in [-0.1, -0.05) is 43.5 Å². The molecule has 0 bridgehead atoms. The molecule has 1 nitrogen and oxygen atoms in total. The molecule has 1 aromatic rings. The summed E-state index contributed by atoms with van der Waals surface area (Å²) in [6, 6.07) is 4.84. The molecule has 3 heteroatoms. The zero-order chi connectivity index (χ0) is 13.8. The van der Waals surface area contributed by atoms with Crippen LogP contribution in [0.4, 0.5) is 4.39 Å². The predicted molar refractivity (Wildman–Crippen MR) is 75.9 cm³/mol. The maximum atomic E-state index is 13.4. The lowest BCUT2D eigenvalue weighted by Crippen LogP contribution is -2.26. The maximum absolute atomic E-state index is 13.4. The van der Waals surface area contributed by atoms with E-state index in [9.17, 15) is 9.18 Å². The molecule has 0 aromatic heterocycles. The van der Waals surface area contributed by atoms with Gasteiger partial charge in [-0.2, -0.15) is 0 Å². The van der Waals surface area contributed by atoms with Gasteiger partial charge in [0.05, 0.1) is 5.02 Å². The summed E-state index contributed by atoms with van der Waals surface area (Å²) in [7, 11) is 0. The van der Waals surface area contributed by atoms with E-state index in [1.807, 2.05) is 6.07 Å². The minimum atomic E-state index is -0.396. The Morgan fingerprint density at radius 3 is 2.95 bits per heavy atom. The van der Waals surface area contributed by atoms with Crippen LogP contribution in [0.2, 0.25) is 5.02 Å². The largest absolute Gasteiger partial charge is 0.299 e. The summed E-state index contributed by atoms with van der Waals surface area (Å²) in [6.07, 6.45) is 5.53. The zero-order valence-corrected chi connectivity index (χ0v) is 12.0. The lowest BCUT2D eigenvalue weighted by Gasteiger charge is -2.28. The SMILES string of the molecule is CCCC1CCC(=O)C(Cc2cccc(F)c2Cl)C1. The van der Waals surface area contributed by atoms with E-state index in [0.29, 0.717) is 24.5 Å². The van der Waals surface area contributed by atoms with Crippen molar-refractivity contribution in [2.45, 2.75) is 45.4 Å². The van der Waals surface area contributed by atoms with Gasteiger partial charge < -0.3 is 0 Å². The van der Waals surface area contributed by atoms with E-state index < -0.39 is 5.82 Å². The standard InChI is InChI=1S/C16H20ClFO/c1-2-4-11-7-8-15(19)13(9-11)10-12-5-3-6-14(18)16(12)17/h3,5-6,11,13H,2,4,7-10H2,1H3. The number of benzene rings is 1. The molecule has 0 N–H and O–H groups in total. The first kappa shape index (κ1) is 14.5. The van der Waals surface area contributed by atoms with Gasteiger partial charge in [-0.25, -0.2) is 4.39 Å². The number of rotatable bonds is 4. The summed E-state index contributed by atoms with van der Waals surface area (Å²) in [4.78, 5) is 12.0.